The molecule has 0 aromatic heterocycles. The van der Waals surface area contributed by atoms with Crippen molar-refractivity contribution in [2.75, 3.05) is 26.3 Å². The van der Waals surface area contributed by atoms with Crippen molar-refractivity contribution < 1.29 is 9.84 Å². The Morgan fingerprint density at radius 3 is 2.90 bits per heavy atom. The van der Waals surface area contributed by atoms with Crippen LogP contribution in [0.2, 0.25) is 0 Å². The molecular weight excluding hydrogens is 250 g/mol. The monoisotopic (exact) mass is 271 g/mol. The molecule has 2 aromatic rings. The zero-order valence-corrected chi connectivity index (χ0v) is 11.7. The van der Waals surface area contributed by atoms with Crippen molar-refractivity contribution >= 4 is 10.8 Å². The predicted octanol–water partition coefficient (Wildman–Crippen LogP) is 2.68. The number of aliphatic hydroxyl groups is 1. The molecule has 1 N–H and O–H groups in total. The summed E-state index contributed by atoms with van der Waals surface area (Å²) in [6.07, 6.45) is 2.28. The first kappa shape index (κ1) is 13.4. The first-order chi connectivity index (χ1) is 9.88. The fourth-order valence-corrected chi connectivity index (χ4v) is 2.99. The minimum Gasteiger partial charge on any atom is -0.492 e. The van der Waals surface area contributed by atoms with E-state index in [9.17, 15) is 5.11 Å². The highest BCUT2D eigenvalue weighted by Crippen LogP contribution is 2.25. The van der Waals surface area contributed by atoms with Crippen LogP contribution < -0.4 is 4.74 Å². The fraction of sp³-hybridized carbons (Fsp3) is 0.412. The van der Waals surface area contributed by atoms with Crippen LogP contribution in [0.4, 0.5) is 0 Å². The average Bonchev–Trinajstić information content (AvgIpc) is 2.95. The Morgan fingerprint density at radius 1 is 1.15 bits per heavy atom. The van der Waals surface area contributed by atoms with Crippen LogP contribution in [0.1, 0.15) is 12.8 Å². The van der Waals surface area contributed by atoms with E-state index in [1.807, 2.05) is 24.3 Å². The molecule has 0 saturated carbocycles. The summed E-state index contributed by atoms with van der Waals surface area (Å²) in [5.74, 6) is 0.947. The van der Waals surface area contributed by atoms with Gasteiger partial charge in [-0.05, 0) is 30.8 Å². The third-order valence-corrected chi connectivity index (χ3v) is 4.10. The summed E-state index contributed by atoms with van der Waals surface area (Å²) in [4.78, 5) is 2.32. The Hall–Kier alpha value is -1.58. The largest absolute Gasteiger partial charge is 0.492 e. The molecule has 1 heterocycles. The third-order valence-electron chi connectivity index (χ3n) is 4.10. The first-order valence-corrected chi connectivity index (χ1v) is 7.34. The molecule has 106 valence electrons. The zero-order valence-electron chi connectivity index (χ0n) is 11.7. The van der Waals surface area contributed by atoms with Crippen LogP contribution in [-0.4, -0.2) is 42.4 Å². The number of likely N-dealkylation sites (tertiary alicyclic amines) is 1. The second-order valence-electron chi connectivity index (χ2n) is 5.34. The smallest absolute Gasteiger partial charge is 0.127 e. The summed E-state index contributed by atoms with van der Waals surface area (Å²) in [5, 5.41) is 11.7. The summed E-state index contributed by atoms with van der Waals surface area (Å²) in [6, 6.07) is 14.8. The molecule has 0 radical (unpaired) electrons. The van der Waals surface area contributed by atoms with Crippen LogP contribution >= 0.6 is 0 Å². The minimum atomic E-state index is 0.258. The standard InChI is InChI=1S/C17H21NO2/c19-13-15-7-4-10-18(15)11-12-20-17-9-3-6-14-5-1-2-8-16(14)17/h1-3,5-6,8-9,15,19H,4,7,10-13H2. The molecule has 1 unspecified atom stereocenters. The topological polar surface area (TPSA) is 32.7 Å². The fourth-order valence-electron chi connectivity index (χ4n) is 2.99. The Bertz CT molecular complexity index is 564. The van der Waals surface area contributed by atoms with E-state index in [1.54, 1.807) is 0 Å². The van der Waals surface area contributed by atoms with E-state index in [2.05, 4.69) is 23.1 Å². The predicted molar refractivity (Wildman–Crippen MR) is 81.1 cm³/mol. The van der Waals surface area contributed by atoms with Gasteiger partial charge in [0.2, 0.25) is 0 Å². The van der Waals surface area contributed by atoms with Crippen molar-refractivity contribution in [2.45, 2.75) is 18.9 Å². The summed E-state index contributed by atoms with van der Waals surface area (Å²) < 4.78 is 5.95. The van der Waals surface area contributed by atoms with Gasteiger partial charge in [0.25, 0.3) is 0 Å². The quantitative estimate of drug-likeness (QED) is 0.907. The molecule has 1 atom stereocenters. The Labute approximate surface area is 119 Å². The molecule has 0 aliphatic carbocycles. The van der Waals surface area contributed by atoms with E-state index in [0.717, 1.165) is 30.6 Å². The molecule has 3 nitrogen and oxygen atoms in total. The van der Waals surface area contributed by atoms with Gasteiger partial charge >= 0.3 is 0 Å². The van der Waals surface area contributed by atoms with Crippen LogP contribution in [0.5, 0.6) is 5.75 Å². The van der Waals surface area contributed by atoms with E-state index in [-0.39, 0.29) is 6.61 Å². The SMILES string of the molecule is OCC1CCCN1CCOc1cccc2ccccc12. The maximum absolute atomic E-state index is 9.31. The number of nitrogens with zero attached hydrogens (tertiary/aromatic N) is 1. The van der Waals surface area contributed by atoms with Crippen molar-refractivity contribution in [3.05, 3.63) is 42.5 Å². The van der Waals surface area contributed by atoms with Crippen LogP contribution in [0.25, 0.3) is 10.8 Å². The second kappa shape index (κ2) is 6.25. The van der Waals surface area contributed by atoms with E-state index in [4.69, 9.17) is 4.74 Å². The Morgan fingerprint density at radius 2 is 2.00 bits per heavy atom. The number of rotatable bonds is 5. The summed E-state index contributed by atoms with van der Waals surface area (Å²) in [6.45, 7) is 2.89. The van der Waals surface area contributed by atoms with E-state index >= 15 is 0 Å². The molecule has 20 heavy (non-hydrogen) atoms. The van der Waals surface area contributed by atoms with Gasteiger partial charge in [-0.25, -0.2) is 0 Å². The summed E-state index contributed by atoms with van der Waals surface area (Å²) >= 11 is 0. The van der Waals surface area contributed by atoms with Gasteiger partial charge < -0.3 is 9.84 Å². The number of benzene rings is 2. The molecule has 3 heteroatoms. The van der Waals surface area contributed by atoms with Gasteiger partial charge in [-0.2, -0.15) is 0 Å². The molecule has 1 saturated heterocycles. The van der Waals surface area contributed by atoms with Crippen LogP contribution in [0, 0.1) is 0 Å². The highest BCUT2D eigenvalue weighted by atomic mass is 16.5. The van der Waals surface area contributed by atoms with Gasteiger partial charge in [-0.15, -0.1) is 0 Å². The second-order valence-corrected chi connectivity index (χ2v) is 5.34. The van der Waals surface area contributed by atoms with Crippen molar-refractivity contribution in [2.24, 2.45) is 0 Å². The van der Waals surface area contributed by atoms with Gasteiger partial charge in [0, 0.05) is 18.0 Å². The van der Waals surface area contributed by atoms with Crippen molar-refractivity contribution in [1.82, 2.24) is 4.90 Å². The Balaban J connectivity index is 1.63. The van der Waals surface area contributed by atoms with Gasteiger partial charge in [0.1, 0.15) is 12.4 Å². The van der Waals surface area contributed by atoms with E-state index in [1.165, 1.54) is 11.8 Å². The maximum atomic E-state index is 9.31. The van der Waals surface area contributed by atoms with Gasteiger partial charge in [0.15, 0.2) is 0 Å². The van der Waals surface area contributed by atoms with Crippen molar-refractivity contribution in [3.8, 4) is 5.75 Å². The average molecular weight is 271 g/mol. The molecule has 1 fully saturated rings. The molecule has 3 rings (SSSR count). The maximum Gasteiger partial charge on any atom is 0.127 e. The highest BCUT2D eigenvalue weighted by Gasteiger charge is 2.23. The van der Waals surface area contributed by atoms with Gasteiger partial charge in [0.05, 0.1) is 6.61 Å². The van der Waals surface area contributed by atoms with Gasteiger partial charge in [-0.1, -0.05) is 36.4 Å². The lowest BCUT2D eigenvalue weighted by Gasteiger charge is -2.22. The zero-order chi connectivity index (χ0) is 13.8. The summed E-state index contributed by atoms with van der Waals surface area (Å²) in [5.41, 5.74) is 0. The van der Waals surface area contributed by atoms with E-state index < -0.39 is 0 Å². The van der Waals surface area contributed by atoms with Gasteiger partial charge in [-0.3, -0.25) is 4.90 Å². The number of hydrogen-bond acceptors (Lipinski definition) is 3. The minimum absolute atomic E-state index is 0.258. The number of aliphatic hydroxyl groups excluding tert-OH is 1. The Kier molecular flexibility index (Phi) is 4.19. The van der Waals surface area contributed by atoms with Crippen LogP contribution in [0.15, 0.2) is 42.5 Å². The van der Waals surface area contributed by atoms with E-state index in [0.29, 0.717) is 12.6 Å². The lowest BCUT2D eigenvalue weighted by atomic mass is 10.1. The lowest BCUT2D eigenvalue weighted by molar-refractivity contribution is 0.140. The molecule has 2 aromatic carbocycles. The molecule has 0 bridgehead atoms. The number of hydrogen-bond donors (Lipinski definition) is 1. The molecule has 0 amide bonds. The number of ether oxygens (including phenoxy) is 1. The lowest BCUT2D eigenvalue weighted by Crippen LogP contribution is -2.35. The first-order valence-electron chi connectivity index (χ1n) is 7.34. The van der Waals surface area contributed by atoms with Crippen LogP contribution in [0.3, 0.4) is 0 Å². The summed E-state index contributed by atoms with van der Waals surface area (Å²) in [7, 11) is 0. The highest BCUT2D eigenvalue weighted by molar-refractivity contribution is 5.88. The number of fused-ring (bicyclic) bond motifs is 1. The molecule has 0 spiro atoms. The molecular formula is C17H21NO2. The normalized spacial score (nSPS) is 19.6. The van der Waals surface area contributed by atoms with Crippen molar-refractivity contribution in [1.29, 1.82) is 0 Å². The van der Waals surface area contributed by atoms with Crippen LogP contribution in [-0.2, 0) is 0 Å². The molecule has 1 aliphatic rings. The third kappa shape index (κ3) is 2.79. The van der Waals surface area contributed by atoms with Crippen molar-refractivity contribution in [3.63, 3.8) is 0 Å². The molecule has 1 aliphatic heterocycles.